The quantitative estimate of drug-likeness (QED) is 0.304. The fourth-order valence-corrected chi connectivity index (χ4v) is 1.60. The van der Waals surface area contributed by atoms with E-state index in [2.05, 4.69) is 26.9 Å². The molecule has 0 amide bonds. The molecule has 0 aliphatic carbocycles. The molecule has 0 heterocycles. The highest BCUT2D eigenvalue weighted by atomic mass is 127. The van der Waals surface area contributed by atoms with Crippen molar-refractivity contribution < 1.29 is 18.3 Å². The van der Waals surface area contributed by atoms with Gasteiger partial charge in [0.05, 0.1) is 7.11 Å². The molecule has 0 saturated carbocycles. The Morgan fingerprint density at radius 1 is 1.41 bits per heavy atom. The maximum Gasteiger partial charge on any atom is 0.387 e. The minimum Gasteiger partial charge on any atom is -0.497 e. The molecule has 0 atom stereocenters. The molecule has 1 aromatic carbocycles. The molecule has 0 fully saturated rings. The topological polar surface area (TPSA) is 54.9 Å². The van der Waals surface area contributed by atoms with E-state index < -0.39 is 6.61 Å². The maximum absolute atomic E-state index is 12.4. The van der Waals surface area contributed by atoms with E-state index in [4.69, 9.17) is 4.74 Å². The number of nitrogens with one attached hydrogen (secondary N) is 2. The van der Waals surface area contributed by atoms with E-state index in [-0.39, 0.29) is 36.3 Å². The summed E-state index contributed by atoms with van der Waals surface area (Å²) in [5, 5.41) is 5.97. The molecule has 0 bridgehead atoms. The molecule has 1 rings (SSSR count). The standard InChI is InChI=1S/C14H19F2N3O2.HI/c1-4-7-18-14(17-2)19-9-10-8-11(20-3)5-6-12(10)21-13(15)16;/h4-6,8,13H,1,7,9H2,2-3H3,(H2,17,18,19);1H. The van der Waals surface area contributed by atoms with Gasteiger partial charge >= 0.3 is 6.61 Å². The van der Waals surface area contributed by atoms with Crippen LogP contribution >= 0.6 is 24.0 Å². The number of aliphatic imine (C=N–C) groups is 1. The van der Waals surface area contributed by atoms with Crippen molar-refractivity contribution in [1.82, 2.24) is 10.6 Å². The summed E-state index contributed by atoms with van der Waals surface area (Å²) in [7, 11) is 3.12. The number of nitrogens with zero attached hydrogens (tertiary/aromatic N) is 1. The third kappa shape index (κ3) is 6.92. The number of methoxy groups -OCH3 is 1. The first kappa shape index (κ1) is 20.4. The largest absolute Gasteiger partial charge is 0.497 e. The summed E-state index contributed by atoms with van der Waals surface area (Å²) in [4.78, 5) is 4.00. The van der Waals surface area contributed by atoms with Gasteiger partial charge in [0.1, 0.15) is 11.5 Å². The molecule has 0 aromatic heterocycles. The SMILES string of the molecule is C=CCNC(=NC)NCc1cc(OC)ccc1OC(F)F.I. The fraction of sp³-hybridized carbons (Fsp3) is 0.357. The molecular weight excluding hydrogens is 407 g/mol. The van der Waals surface area contributed by atoms with Crippen LogP contribution < -0.4 is 20.1 Å². The summed E-state index contributed by atoms with van der Waals surface area (Å²) < 4.78 is 34.4. The first-order chi connectivity index (χ1) is 10.1. The highest BCUT2D eigenvalue weighted by Gasteiger charge is 2.11. The van der Waals surface area contributed by atoms with Crippen molar-refractivity contribution in [3.05, 3.63) is 36.4 Å². The lowest BCUT2D eigenvalue weighted by Crippen LogP contribution is -2.36. The number of hydrogen-bond acceptors (Lipinski definition) is 3. The number of guanidine groups is 1. The Morgan fingerprint density at radius 3 is 2.68 bits per heavy atom. The maximum atomic E-state index is 12.4. The fourth-order valence-electron chi connectivity index (χ4n) is 1.60. The van der Waals surface area contributed by atoms with Gasteiger partial charge in [-0.2, -0.15) is 8.78 Å². The Labute approximate surface area is 145 Å². The number of rotatable bonds is 7. The van der Waals surface area contributed by atoms with Crippen molar-refractivity contribution in [3.8, 4) is 11.5 Å². The number of alkyl halides is 2. The number of benzene rings is 1. The first-order valence-electron chi connectivity index (χ1n) is 6.27. The van der Waals surface area contributed by atoms with Crippen LogP contribution in [0.3, 0.4) is 0 Å². The van der Waals surface area contributed by atoms with Crippen LogP contribution in [-0.2, 0) is 6.54 Å². The molecule has 0 saturated heterocycles. The molecular formula is C14H20F2IN3O2. The van der Waals surface area contributed by atoms with Gasteiger partial charge in [-0.1, -0.05) is 6.08 Å². The van der Waals surface area contributed by atoms with Crippen molar-refractivity contribution >= 4 is 29.9 Å². The molecule has 22 heavy (non-hydrogen) atoms. The van der Waals surface area contributed by atoms with Crippen LogP contribution in [-0.4, -0.2) is 33.3 Å². The number of hydrogen-bond donors (Lipinski definition) is 2. The summed E-state index contributed by atoms with van der Waals surface area (Å²) in [5.41, 5.74) is 0.538. The molecule has 0 aliphatic heterocycles. The van der Waals surface area contributed by atoms with Crippen molar-refractivity contribution in [2.24, 2.45) is 4.99 Å². The van der Waals surface area contributed by atoms with Crippen LogP contribution in [0.15, 0.2) is 35.8 Å². The monoisotopic (exact) mass is 427 g/mol. The number of ether oxygens (including phenoxy) is 2. The van der Waals surface area contributed by atoms with Gasteiger partial charge in [-0.25, -0.2) is 0 Å². The smallest absolute Gasteiger partial charge is 0.387 e. The van der Waals surface area contributed by atoms with E-state index in [1.807, 2.05) is 0 Å². The highest BCUT2D eigenvalue weighted by molar-refractivity contribution is 14.0. The summed E-state index contributed by atoms with van der Waals surface area (Å²) in [5.74, 6) is 1.18. The Kier molecular flexibility index (Phi) is 10.3. The van der Waals surface area contributed by atoms with Crippen molar-refractivity contribution in [2.45, 2.75) is 13.2 Å². The average molecular weight is 427 g/mol. The average Bonchev–Trinajstić information content (AvgIpc) is 2.48. The molecule has 8 heteroatoms. The lowest BCUT2D eigenvalue weighted by Gasteiger charge is -2.15. The minimum atomic E-state index is -2.88. The zero-order chi connectivity index (χ0) is 15.7. The van der Waals surface area contributed by atoms with Gasteiger partial charge in [-0.15, -0.1) is 30.6 Å². The molecule has 124 valence electrons. The molecule has 1 aromatic rings. The van der Waals surface area contributed by atoms with Crippen molar-refractivity contribution in [3.63, 3.8) is 0 Å². The van der Waals surface area contributed by atoms with E-state index in [0.29, 0.717) is 23.8 Å². The van der Waals surface area contributed by atoms with Crippen LogP contribution in [0.5, 0.6) is 11.5 Å². The lowest BCUT2D eigenvalue weighted by atomic mass is 10.2. The minimum absolute atomic E-state index is 0. The van der Waals surface area contributed by atoms with E-state index in [9.17, 15) is 8.78 Å². The first-order valence-corrected chi connectivity index (χ1v) is 6.27. The highest BCUT2D eigenvalue weighted by Crippen LogP contribution is 2.25. The van der Waals surface area contributed by atoms with E-state index in [0.717, 1.165) is 0 Å². The van der Waals surface area contributed by atoms with Gasteiger partial charge in [0.2, 0.25) is 0 Å². The summed E-state index contributed by atoms with van der Waals surface area (Å²) >= 11 is 0. The van der Waals surface area contributed by atoms with Crippen molar-refractivity contribution in [2.75, 3.05) is 20.7 Å². The normalized spacial score (nSPS) is 10.7. The molecule has 5 nitrogen and oxygen atoms in total. The van der Waals surface area contributed by atoms with Gasteiger partial charge in [0, 0.05) is 25.7 Å². The Morgan fingerprint density at radius 2 is 2.14 bits per heavy atom. The molecule has 0 aliphatic rings. The van der Waals surface area contributed by atoms with Gasteiger partial charge in [-0.3, -0.25) is 4.99 Å². The molecule has 0 unspecified atom stereocenters. The van der Waals surface area contributed by atoms with E-state index >= 15 is 0 Å². The third-order valence-electron chi connectivity index (χ3n) is 2.57. The van der Waals surface area contributed by atoms with Crippen molar-refractivity contribution in [1.29, 1.82) is 0 Å². The van der Waals surface area contributed by atoms with Crippen LogP contribution in [0.4, 0.5) is 8.78 Å². The zero-order valence-corrected chi connectivity index (χ0v) is 14.8. The molecule has 0 radical (unpaired) electrons. The summed E-state index contributed by atoms with van der Waals surface area (Å²) in [6, 6.07) is 4.64. The lowest BCUT2D eigenvalue weighted by molar-refractivity contribution is -0.0504. The second-order valence-corrected chi connectivity index (χ2v) is 3.95. The molecule has 0 spiro atoms. The van der Waals surface area contributed by atoms with E-state index in [1.54, 1.807) is 25.3 Å². The van der Waals surface area contributed by atoms with E-state index in [1.165, 1.54) is 13.2 Å². The second kappa shape index (κ2) is 11.0. The summed E-state index contributed by atoms with van der Waals surface area (Å²) in [6.45, 7) is 1.51. The second-order valence-electron chi connectivity index (χ2n) is 3.95. The van der Waals surface area contributed by atoms with Crippen LogP contribution in [0.1, 0.15) is 5.56 Å². The van der Waals surface area contributed by atoms with Crippen LogP contribution in [0.2, 0.25) is 0 Å². The van der Waals surface area contributed by atoms with Crippen LogP contribution in [0, 0.1) is 0 Å². The van der Waals surface area contributed by atoms with Crippen LogP contribution in [0.25, 0.3) is 0 Å². The third-order valence-corrected chi connectivity index (χ3v) is 2.57. The predicted octanol–water partition coefficient (Wildman–Crippen LogP) is 2.77. The van der Waals surface area contributed by atoms with Gasteiger partial charge in [0.25, 0.3) is 0 Å². The van der Waals surface area contributed by atoms with Gasteiger partial charge in [0.15, 0.2) is 5.96 Å². The zero-order valence-electron chi connectivity index (χ0n) is 12.4. The Balaban J connectivity index is 0.00000441. The molecule has 2 N–H and O–H groups in total. The summed E-state index contributed by atoms with van der Waals surface area (Å²) in [6.07, 6.45) is 1.68. The van der Waals surface area contributed by atoms with Gasteiger partial charge < -0.3 is 20.1 Å². The number of halogens is 3. The Bertz CT molecular complexity index is 499. The predicted molar refractivity (Wildman–Crippen MR) is 93.4 cm³/mol. The Hall–Kier alpha value is -1.58. The van der Waals surface area contributed by atoms with Gasteiger partial charge in [-0.05, 0) is 18.2 Å².